The second kappa shape index (κ2) is 10.0. The second-order valence-corrected chi connectivity index (χ2v) is 5.63. The number of nitrogens with one attached hydrogen (secondary N) is 1. The van der Waals surface area contributed by atoms with E-state index in [1.54, 1.807) is 30.3 Å². The molecule has 0 saturated heterocycles. The Morgan fingerprint density at radius 3 is 2.56 bits per heavy atom. The lowest BCUT2D eigenvalue weighted by atomic mass is 10.1. The van der Waals surface area contributed by atoms with Crippen molar-refractivity contribution in [3.63, 3.8) is 0 Å². The van der Waals surface area contributed by atoms with Gasteiger partial charge in [-0.05, 0) is 36.3 Å². The van der Waals surface area contributed by atoms with Crippen molar-refractivity contribution < 1.29 is 23.8 Å². The fraction of sp³-hybridized carbons (Fsp3) is 0.238. The van der Waals surface area contributed by atoms with Crippen molar-refractivity contribution in [1.29, 1.82) is 0 Å². The molecule has 0 aliphatic heterocycles. The SMILES string of the molecule is CCc1cccc(NC(=O)COC(=O)/C=C/c2cccc(OC)c2OC)c1. The Labute approximate surface area is 158 Å². The number of carbonyl (C=O) groups is 2. The van der Waals surface area contributed by atoms with Crippen molar-refractivity contribution in [3.05, 3.63) is 59.7 Å². The fourth-order valence-corrected chi connectivity index (χ4v) is 2.45. The second-order valence-electron chi connectivity index (χ2n) is 5.63. The van der Waals surface area contributed by atoms with Gasteiger partial charge in [-0.3, -0.25) is 4.79 Å². The van der Waals surface area contributed by atoms with Crippen molar-refractivity contribution in [3.8, 4) is 11.5 Å². The molecule has 0 spiro atoms. The van der Waals surface area contributed by atoms with Crippen LogP contribution in [0.3, 0.4) is 0 Å². The molecular formula is C21H23NO5. The Balaban J connectivity index is 1.90. The molecule has 1 N–H and O–H groups in total. The normalized spacial score (nSPS) is 10.5. The van der Waals surface area contributed by atoms with E-state index < -0.39 is 11.9 Å². The summed E-state index contributed by atoms with van der Waals surface area (Å²) in [6, 6.07) is 12.8. The lowest BCUT2D eigenvalue weighted by Crippen LogP contribution is -2.20. The molecule has 2 aromatic carbocycles. The standard InChI is InChI=1S/C21H23NO5/c1-4-15-7-5-9-17(13-15)22-19(23)14-27-20(24)12-11-16-8-6-10-18(25-2)21(16)26-3/h5-13H,4,14H2,1-3H3,(H,22,23)/b12-11+. The van der Waals surface area contributed by atoms with E-state index in [2.05, 4.69) is 5.32 Å². The van der Waals surface area contributed by atoms with E-state index in [-0.39, 0.29) is 6.61 Å². The van der Waals surface area contributed by atoms with Gasteiger partial charge in [0.25, 0.3) is 5.91 Å². The van der Waals surface area contributed by atoms with Crippen LogP contribution in [0.15, 0.2) is 48.5 Å². The van der Waals surface area contributed by atoms with E-state index in [9.17, 15) is 9.59 Å². The van der Waals surface area contributed by atoms with Gasteiger partial charge >= 0.3 is 5.97 Å². The quantitative estimate of drug-likeness (QED) is 0.570. The van der Waals surface area contributed by atoms with Crippen LogP contribution in [0.1, 0.15) is 18.1 Å². The van der Waals surface area contributed by atoms with Crippen LogP contribution >= 0.6 is 0 Å². The molecule has 1 amide bonds. The van der Waals surface area contributed by atoms with Crippen LogP contribution in [0.2, 0.25) is 0 Å². The Morgan fingerprint density at radius 1 is 1.07 bits per heavy atom. The van der Waals surface area contributed by atoms with Crippen molar-refractivity contribution in [1.82, 2.24) is 0 Å². The Hall–Kier alpha value is -3.28. The molecule has 0 aliphatic rings. The minimum Gasteiger partial charge on any atom is -0.493 e. The van der Waals surface area contributed by atoms with E-state index in [1.807, 2.05) is 25.1 Å². The van der Waals surface area contributed by atoms with Gasteiger partial charge in [0.1, 0.15) is 0 Å². The number of anilines is 1. The van der Waals surface area contributed by atoms with Crippen molar-refractivity contribution in [2.75, 3.05) is 26.1 Å². The third-order valence-corrected chi connectivity index (χ3v) is 3.80. The lowest BCUT2D eigenvalue weighted by Gasteiger charge is -2.09. The number of ether oxygens (including phenoxy) is 3. The highest BCUT2D eigenvalue weighted by Crippen LogP contribution is 2.31. The molecular weight excluding hydrogens is 346 g/mol. The average molecular weight is 369 g/mol. The van der Waals surface area contributed by atoms with Crippen LogP contribution < -0.4 is 14.8 Å². The molecule has 0 atom stereocenters. The zero-order valence-electron chi connectivity index (χ0n) is 15.7. The number of aryl methyl sites for hydroxylation is 1. The third-order valence-electron chi connectivity index (χ3n) is 3.80. The molecule has 0 aromatic heterocycles. The van der Waals surface area contributed by atoms with Gasteiger partial charge in [0.15, 0.2) is 18.1 Å². The molecule has 6 nitrogen and oxygen atoms in total. The van der Waals surface area contributed by atoms with Crippen LogP contribution in [0.4, 0.5) is 5.69 Å². The topological polar surface area (TPSA) is 73.9 Å². The third kappa shape index (κ3) is 5.88. The molecule has 142 valence electrons. The highest BCUT2D eigenvalue weighted by Gasteiger charge is 2.09. The number of rotatable bonds is 8. The van der Waals surface area contributed by atoms with E-state index >= 15 is 0 Å². The average Bonchev–Trinajstić information content (AvgIpc) is 2.70. The van der Waals surface area contributed by atoms with Gasteiger partial charge in [-0.1, -0.05) is 31.2 Å². The molecule has 2 aromatic rings. The molecule has 0 bridgehead atoms. The molecule has 0 unspecified atom stereocenters. The van der Waals surface area contributed by atoms with Gasteiger partial charge in [-0.15, -0.1) is 0 Å². The summed E-state index contributed by atoms with van der Waals surface area (Å²) in [5.41, 5.74) is 2.45. The summed E-state index contributed by atoms with van der Waals surface area (Å²) < 4.78 is 15.5. The number of hydrogen-bond acceptors (Lipinski definition) is 5. The lowest BCUT2D eigenvalue weighted by molar-refractivity contribution is -0.142. The van der Waals surface area contributed by atoms with Crippen molar-refractivity contribution in [2.45, 2.75) is 13.3 Å². The van der Waals surface area contributed by atoms with Crippen molar-refractivity contribution >= 4 is 23.6 Å². The number of methoxy groups -OCH3 is 2. The Morgan fingerprint density at radius 2 is 1.85 bits per heavy atom. The molecule has 0 saturated carbocycles. The molecule has 2 rings (SSSR count). The molecule has 0 fully saturated rings. The maximum atomic E-state index is 11.9. The largest absolute Gasteiger partial charge is 0.493 e. The molecule has 0 radical (unpaired) electrons. The van der Waals surface area contributed by atoms with Gasteiger partial charge < -0.3 is 19.5 Å². The number of para-hydroxylation sites is 1. The van der Waals surface area contributed by atoms with Crippen LogP contribution in [0.25, 0.3) is 6.08 Å². The zero-order valence-corrected chi connectivity index (χ0v) is 15.7. The molecule has 27 heavy (non-hydrogen) atoms. The van der Waals surface area contributed by atoms with Gasteiger partial charge in [0.05, 0.1) is 14.2 Å². The number of amides is 1. The van der Waals surface area contributed by atoms with Gasteiger partial charge in [0.2, 0.25) is 0 Å². The first-order valence-corrected chi connectivity index (χ1v) is 8.52. The van der Waals surface area contributed by atoms with E-state index in [1.165, 1.54) is 20.3 Å². The maximum Gasteiger partial charge on any atom is 0.331 e. The van der Waals surface area contributed by atoms with E-state index in [0.717, 1.165) is 12.0 Å². The number of carbonyl (C=O) groups excluding carboxylic acids is 2. The summed E-state index contributed by atoms with van der Waals surface area (Å²) in [6.07, 6.45) is 3.66. The van der Waals surface area contributed by atoms with Crippen LogP contribution in [0.5, 0.6) is 11.5 Å². The van der Waals surface area contributed by atoms with E-state index in [0.29, 0.717) is 22.7 Å². The number of esters is 1. The first-order valence-electron chi connectivity index (χ1n) is 8.52. The minimum absolute atomic E-state index is 0.366. The van der Waals surface area contributed by atoms with Crippen molar-refractivity contribution in [2.24, 2.45) is 0 Å². The highest BCUT2D eigenvalue weighted by atomic mass is 16.5. The van der Waals surface area contributed by atoms with Crippen LogP contribution in [0, 0.1) is 0 Å². The zero-order chi connectivity index (χ0) is 19.6. The summed E-state index contributed by atoms with van der Waals surface area (Å²) in [7, 11) is 3.06. The smallest absolute Gasteiger partial charge is 0.331 e. The summed E-state index contributed by atoms with van der Waals surface area (Å²) >= 11 is 0. The Bertz CT molecular complexity index is 829. The van der Waals surface area contributed by atoms with Crippen LogP contribution in [-0.2, 0) is 20.7 Å². The predicted molar refractivity (Wildman–Crippen MR) is 104 cm³/mol. The van der Waals surface area contributed by atoms with Gasteiger partial charge in [-0.2, -0.15) is 0 Å². The van der Waals surface area contributed by atoms with E-state index in [4.69, 9.17) is 14.2 Å². The molecule has 6 heteroatoms. The monoisotopic (exact) mass is 369 g/mol. The maximum absolute atomic E-state index is 11.9. The summed E-state index contributed by atoms with van der Waals surface area (Å²) in [6.45, 7) is 1.67. The summed E-state index contributed by atoms with van der Waals surface area (Å²) in [5.74, 6) is 0.0422. The Kier molecular flexibility index (Phi) is 7.43. The number of hydrogen-bond donors (Lipinski definition) is 1. The van der Waals surface area contributed by atoms with Gasteiger partial charge in [-0.25, -0.2) is 4.79 Å². The summed E-state index contributed by atoms with van der Waals surface area (Å²) in [4.78, 5) is 23.8. The highest BCUT2D eigenvalue weighted by molar-refractivity contribution is 5.94. The van der Waals surface area contributed by atoms with Crippen LogP contribution in [-0.4, -0.2) is 32.7 Å². The first-order chi connectivity index (χ1) is 13.1. The fourth-order valence-electron chi connectivity index (χ4n) is 2.45. The summed E-state index contributed by atoms with van der Waals surface area (Å²) in [5, 5.41) is 2.70. The van der Waals surface area contributed by atoms with Gasteiger partial charge in [0, 0.05) is 17.3 Å². The molecule has 0 heterocycles. The minimum atomic E-state index is -0.627. The first kappa shape index (κ1) is 20.0. The number of benzene rings is 2. The molecule has 0 aliphatic carbocycles. The predicted octanol–water partition coefficient (Wildman–Crippen LogP) is 3.46.